The number of nitrogens with zero attached hydrogens (tertiary/aromatic N) is 3. The van der Waals surface area contributed by atoms with Gasteiger partial charge >= 0.3 is 6.18 Å². The van der Waals surface area contributed by atoms with Crippen molar-refractivity contribution in [3.8, 4) is 5.75 Å². The molecule has 0 spiro atoms. The molecule has 0 fully saturated rings. The van der Waals surface area contributed by atoms with Gasteiger partial charge in [-0.1, -0.05) is 6.07 Å². The standard InChI is InChI=1S/C22H17F3N4O2/c1-14-9-17(31-13-15-3-2-7-26-11-15)4-5-18(14)27-21(30)16-6-8-29-12-19(22(23,24)25)28-20(29)10-16/h2-12H,13H2,1H3,(H,27,30). The Morgan fingerprint density at radius 2 is 2.03 bits per heavy atom. The third-order valence-corrected chi connectivity index (χ3v) is 4.59. The second-order valence-corrected chi connectivity index (χ2v) is 6.89. The maximum absolute atomic E-state index is 12.8. The predicted molar refractivity (Wildman–Crippen MR) is 108 cm³/mol. The molecule has 3 heterocycles. The summed E-state index contributed by atoms with van der Waals surface area (Å²) in [6, 6.07) is 11.7. The summed E-state index contributed by atoms with van der Waals surface area (Å²) >= 11 is 0. The van der Waals surface area contributed by atoms with E-state index in [1.807, 2.05) is 19.1 Å². The highest BCUT2D eigenvalue weighted by Crippen LogP contribution is 2.28. The third-order valence-electron chi connectivity index (χ3n) is 4.59. The highest BCUT2D eigenvalue weighted by atomic mass is 19.4. The van der Waals surface area contributed by atoms with Crippen LogP contribution < -0.4 is 10.1 Å². The summed E-state index contributed by atoms with van der Waals surface area (Å²) < 4.78 is 45.5. The first kappa shape index (κ1) is 20.4. The summed E-state index contributed by atoms with van der Waals surface area (Å²) in [5.74, 6) is 0.184. The molecule has 1 N–H and O–H groups in total. The van der Waals surface area contributed by atoms with Crippen LogP contribution in [0.2, 0.25) is 0 Å². The van der Waals surface area contributed by atoms with Gasteiger partial charge in [-0.15, -0.1) is 0 Å². The van der Waals surface area contributed by atoms with Gasteiger partial charge in [0.25, 0.3) is 5.91 Å². The molecule has 6 nitrogen and oxygen atoms in total. The van der Waals surface area contributed by atoms with Crippen LogP contribution in [-0.4, -0.2) is 20.3 Å². The summed E-state index contributed by atoms with van der Waals surface area (Å²) in [4.78, 5) is 20.2. The minimum Gasteiger partial charge on any atom is -0.489 e. The number of nitrogens with one attached hydrogen (secondary N) is 1. The van der Waals surface area contributed by atoms with E-state index >= 15 is 0 Å². The monoisotopic (exact) mass is 426 g/mol. The van der Waals surface area contributed by atoms with Gasteiger partial charge in [-0.2, -0.15) is 13.2 Å². The molecule has 0 unspecified atom stereocenters. The van der Waals surface area contributed by atoms with Crippen molar-refractivity contribution in [2.45, 2.75) is 19.7 Å². The number of amides is 1. The summed E-state index contributed by atoms with van der Waals surface area (Å²) in [7, 11) is 0. The van der Waals surface area contributed by atoms with Crippen LogP contribution in [0, 0.1) is 6.92 Å². The quantitative estimate of drug-likeness (QED) is 0.494. The van der Waals surface area contributed by atoms with Crippen molar-refractivity contribution in [2.75, 3.05) is 5.32 Å². The summed E-state index contributed by atoms with van der Waals surface area (Å²) in [6.07, 6.45) is 1.10. The first-order chi connectivity index (χ1) is 14.8. The molecule has 1 amide bonds. The average Bonchev–Trinajstić information content (AvgIpc) is 3.19. The zero-order chi connectivity index (χ0) is 22.0. The topological polar surface area (TPSA) is 68.5 Å². The van der Waals surface area contributed by atoms with E-state index in [1.165, 1.54) is 22.7 Å². The van der Waals surface area contributed by atoms with Crippen molar-refractivity contribution in [3.05, 3.63) is 89.6 Å². The largest absolute Gasteiger partial charge is 0.489 e. The highest BCUT2D eigenvalue weighted by molar-refractivity contribution is 6.05. The SMILES string of the molecule is Cc1cc(OCc2cccnc2)ccc1NC(=O)c1ccn2cc(C(F)(F)F)nc2c1. The van der Waals surface area contributed by atoms with Crippen molar-refractivity contribution < 1.29 is 22.7 Å². The van der Waals surface area contributed by atoms with Gasteiger partial charge in [-0.05, 0) is 48.9 Å². The number of carbonyl (C=O) groups excluding carboxylic acids is 1. The zero-order valence-corrected chi connectivity index (χ0v) is 16.3. The van der Waals surface area contributed by atoms with E-state index < -0.39 is 17.8 Å². The number of aryl methyl sites for hydroxylation is 1. The van der Waals surface area contributed by atoms with Crippen molar-refractivity contribution in [3.63, 3.8) is 0 Å². The number of hydrogen-bond donors (Lipinski definition) is 1. The van der Waals surface area contributed by atoms with Crippen molar-refractivity contribution >= 4 is 17.2 Å². The second-order valence-electron chi connectivity index (χ2n) is 6.89. The third kappa shape index (κ3) is 4.66. The number of benzene rings is 1. The molecule has 0 radical (unpaired) electrons. The molecule has 0 aliphatic carbocycles. The summed E-state index contributed by atoms with van der Waals surface area (Å²) in [5.41, 5.74) is 1.50. The van der Waals surface area contributed by atoms with Crippen LogP contribution >= 0.6 is 0 Å². The number of anilines is 1. The molecule has 9 heteroatoms. The minimum atomic E-state index is -4.55. The molecule has 158 valence electrons. The molecular weight excluding hydrogens is 409 g/mol. The molecule has 0 aliphatic rings. The van der Waals surface area contributed by atoms with Gasteiger partial charge in [0, 0.05) is 41.6 Å². The number of alkyl halides is 3. The van der Waals surface area contributed by atoms with Crippen LogP contribution in [0.5, 0.6) is 5.75 Å². The molecular formula is C22H17F3N4O2. The maximum atomic E-state index is 12.8. The first-order valence-electron chi connectivity index (χ1n) is 9.29. The van der Waals surface area contributed by atoms with Gasteiger partial charge in [0.05, 0.1) is 0 Å². The second kappa shape index (κ2) is 8.10. The molecule has 4 aromatic rings. The minimum absolute atomic E-state index is 0.0378. The number of carbonyl (C=O) groups is 1. The van der Waals surface area contributed by atoms with E-state index in [2.05, 4.69) is 15.3 Å². The molecule has 0 bridgehead atoms. The summed E-state index contributed by atoms with van der Waals surface area (Å²) in [6.45, 7) is 2.18. The van der Waals surface area contributed by atoms with E-state index in [9.17, 15) is 18.0 Å². The number of ether oxygens (including phenoxy) is 1. The molecule has 31 heavy (non-hydrogen) atoms. The number of halogens is 3. The van der Waals surface area contributed by atoms with Gasteiger partial charge in [0.1, 0.15) is 18.0 Å². The Hall–Kier alpha value is -3.88. The zero-order valence-electron chi connectivity index (χ0n) is 16.3. The highest BCUT2D eigenvalue weighted by Gasteiger charge is 2.33. The average molecular weight is 426 g/mol. The Balaban J connectivity index is 1.46. The van der Waals surface area contributed by atoms with Crippen LogP contribution in [0.1, 0.15) is 27.2 Å². The van der Waals surface area contributed by atoms with Gasteiger partial charge in [-0.25, -0.2) is 4.98 Å². The normalized spacial score (nSPS) is 11.5. The lowest BCUT2D eigenvalue weighted by Gasteiger charge is -2.11. The fourth-order valence-electron chi connectivity index (χ4n) is 2.97. The number of rotatable bonds is 5. The molecule has 1 aromatic carbocycles. The molecule has 0 saturated heterocycles. The number of fused-ring (bicyclic) bond motifs is 1. The van der Waals surface area contributed by atoms with Crippen LogP contribution in [0.25, 0.3) is 5.65 Å². The van der Waals surface area contributed by atoms with Gasteiger partial charge < -0.3 is 14.5 Å². The molecule has 4 rings (SSSR count). The van der Waals surface area contributed by atoms with Crippen molar-refractivity contribution in [1.82, 2.24) is 14.4 Å². The fraction of sp³-hybridized carbons (Fsp3) is 0.136. The van der Waals surface area contributed by atoms with Crippen LogP contribution in [0.15, 0.2) is 67.3 Å². The molecule has 0 atom stereocenters. The Morgan fingerprint density at radius 1 is 1.19 bits per heavy atom. The van der Waals surface area contributed by atoms with Crippen LogP contribution in [0.3, 0.4) is 0 Å². The van der Waals surface area contributed by atoms with E-state index in [-0.39, 0.29) is 11.2 Å². The molecule has 0 aliphatic heterocycles. The van der Waals surface area contributed by atoms with Crippen LogP contribution in [0.4, 0.5) is 18.9 Å². The Morgan fingerprint density at radius 3 is 2.74 bits per heavy atom. The Bertz CT molecular complexity index is 1240. The van der Waals surface area contributed by atoms with E-state index in [0.717, 1.165) is 17.3 Å². The van der Waals surface area contributed by atoms with Crippen molar-refractivity contribution in [2.24, 2.45) is 0 Å². The van der Waals surface area contributed by atoms with E-state index in [1.54, 1.807) is 30.6 Å². The first-order valence-corrected chi connectivity index (χ1v) is 9.29. The fourth-order valence-corrected chi connectivity index (χ4v) is 2.97. The summed E-state index contributed by atoms with van der Waals surface area (Å²) in [5, 5.41) is 2.77. The lowest BCUT2D eigenvalue weighted by molar-refractivity contribution is -0.140. The molecule has 0 saturated carbocycles. The van der Waals surface area contributed by atoms with Gasteiger partial charge in [-0.3, -0.25) is 9.78 Å². The maximum Gasteiger partial charge on any atom is 0.434 e. The van der Waals surface area contributed by atoms with E-state index in [4.69, 9.17) is 4.74 Å². The Labute approximate surface area is 175 Å². The van der Waals surface area contributed by atoms with Gasteiger partial charge in [0.15, 0.2) is 5.69 Å². The number of imidazole rings is 1. The van der Waals surface area contributed by atoms with Crippen molar-refractivity contribution in [1.29, 1.82) is 0 Å². The lowest BCUT2D eigenvalue weighted by Crippen LogP contribution is -2.13. The van der Waals surface area contributed by atoms with Gasteiger partial charge in [0.2, 0.25) is 0 Å². The predicted octanol–water partition coefficient (Wildman–Crippen LogP) is 4.89. The smallest absolute Gasteiger partial charge is 0.434 e. The lowest BCUT2D eigenvalue weighted by atomic mass is 10.1. The number of aromatic nitrogens is 3. The molecule has 3 aromatic heterocycles. The van der Waals surface area contributed by atoms with E-state index in [0.29, 0.717) is 18.0 Å². The number of hydrogen-bond acceptors (Lipinski definition) is 4. The Kier molecular flexibility index (Phi) is 5.33. The van der Waals surface area contributed by atoms with Crippen LogP contribution in [-0.2, 0) is 12.8 Å². The number of pyridine rings is 2.